The summed E-state index contributed by atoms with van der Waals surface area (Å²) >= 11 is 0. The maximum Gasteiger partial charge on any atom is 0.133 e. The lowest BCUT2D eigenvalue weighted by molar-refractivity contribution is 0.549. The summed E-state index contributed by atoms with van der Waals surface area (Å²) in [5.74, 6) is 1.05. The summed E-state index contributed by atoms with van der Waals surface area (Å²) in [4.78, 5) is 0. The molecule has 2 rings (SSSR count). The second-order valence-electron chi connectivity index (χ2n) is 3.74. The number of hydrogen-bond donors (Lipinski definition) is 0. The molecule has 1 heterocycles. The number of rotatable bonds is 1. The van der Waals surface area contributed by atoms with Gasteiger partial charge in [0.2, 0.25) is 0 Å². The molecule has 0 N–H and O–H groups in total. The lowest BCUT2D eigenvalue weighted by Crippen LogP contribution is -1.81. The lowest BCUT2D eigenvalue weighted by atomic mass is 10.1. The number of allylic oxidation sites excluding steroid dienone is 4. The first-order valence-corrected chi connectivity index (χ1v) is 4.60. The first kappa shape index (κ1) is 8.36. The quantitative estimate of drug-likeness (QED) is 0.632. The van der Waals surface area contributed by atoms with Crippen molar-refractivity contribution < 1.29 is 4.42 Å². The fraction of sp³-hybridized carbons (Fsp3) is 0.333. The Hall–Kier alpha value is -1.24. The molecule has 1 aliphatic carbocycles. The molecule has 0 spiro atoms. The Labute approximate surface area is 78.8 Å². The van der Waals surface area contributed by atoms with E-state index < -0.39 is 0 Å². The van der Waals surface area contributed by atoms with Gasteiger partial charge in [0, 0.05) is 0 Å². The fourth-order valence-corrected chi connectivity index (χ4v) is 1.71. The van der Waals surface area contributed by atoms with E-state index in [0.717, 1.165) is 12.2 Å². The Balaban J connectivity index is 2.34. The molecule has 68 valence electrons. The van der Waals surface area contributed by atoms with Crippen LogP contribution in [0.4, 0.5) is 0 Å². The van der Waals surface area contributed by atoms with Crippen LogP contribution < -0.4 is 0 Å². The van der Waals surface area contributed by atoms with Crippen LogP contribution in [0.3, 0.4) is 0 Å². The van der Waals surface area contributed by atoms with Gasteiger partial charge in [0.15, 0.2) is 0 Å². The van der Waals surface area contributed by atoms with Crippen molar-refractivity contribution >= 4 is 5.57 Å². The van der Waals surface area contributed by atoms with E-state index >= 15 is 0 Å². The standard InChI is InChI=1S/C12H14O/c1-8-4-5-13-12(8)11-6-9(2)10(3)7-11/h4-6H,7H2,1-3H3. The van der Waals surface area contributed by atoms with Crippen molar-refractivity contribution in [1.82, 2.24) is 0 Å². The van der Waals surface area contributed by atoms with Crippen LogP contribution >= 0.6 is 0 Å². The predicted octanol–water partition coefficient (Wildman–Crippen LogP) is 3.71. The minimum Gasteiger partial charge on any atom is -0.464 e. The molecule has 0 unspecified atom stereocenters. The van der Waals surface area contributed by atoms with Gasteiger partial charge in [0.25, 0.3) is 0 Å². The molecule has 0 aromatic carbocycles. The first-order chi connectivity index (χ1) is 6.18. The van der Waals surface area contributed by atoms with Gasteiger partial charge in [-0.3, -0.25) is 0 Å². The second-order valence-corrected chi connectivity index (χ2v) is 3.74. The van der Waals surface area contributed by atoms with E-state index in [0.29, 0.717) is 0 Å². The van der Waals surface area contributed by atoms with Gasteiger partial charge in [-0.05, 0) is 44.4 Å². The Morgan fingerprint density at radius 2 is 2.00 bits per heavy atom. The van der Waals surface area contributed by atoms with E-state index in [1.807, 2.05) is 6.07 Å². The molecule has 0 saturated carbocycles. The molecule has 1 aromatic heterocycles. The van der Waals surface area contributed by atoms with Gasteiger partial charge in [0.1, 0.15) is 5.76 Å². The SMILES string of the molecule is CC1=C(C)CC(c2occc2C)=C1. The van der Waals surface area contributed by atoms with Gasteiger partial charge < -0.3 is 4.42 Å². The van der Waals surface area contributed by atoms with Gasteiger partial charge in [0.05, 0.1) is 6.26 Å². The van der Waals surface area contributed by atoms with Crippen molar-refractivity contribution in [3.8, 4) is 0 Å². The molecule has 13 heavy (non-hydrogen) atoms. The molecule has 0 fully saturated rings. The van der Waals surface area contributed by atoms with Gasteiger partial charge >= 0.3 is 0 Å². The van der Waals surface area contributed by atoms with Crippen LogP contribution in [0.1, 0.15) is 31.6 Å². The zero-order valence-electron chi connectivity index (χ0n) is 8.35. The maximum atomic E-state index is 5.45. The topological polar surface area (TPSA) is 13.1 Å². The zero-order valence-corrected chi connectivity index (χ0v) is 8.35. The van der Waals surface area contributed by atoms with Crippen molar-refractivity contribution in [3.05, 3.63) is 40.9 Å². The number of hydrogen-bond acceptors (Lipinski definition) is 1. The first-order valence-electron chi connectivity index (χ1n) is 4.60. The smallest absolute Gasteiger partial charge is 0.133 e. The van der Waals surface area contributed by atoms with Crippen LogP contribution in [0.5, 0.6) is 0 Å². The van der Waals surface area contributed by atoms with E-state index in [1.54, 1.807) is 6.26 Å². The van der Waals surface area contributed by atoms with E-state index in [9.17, 15) is 0 Å². The molecular weight excluding hydrogens is 160 g/mol. The van der Waals surface area contributed by atoms with Crippen LogP contribution in [0.15, 0.2) is 34.0 Å². The molecule has 1 aromatic rings. The average molecular weight is 174 g/mol. The molecule has 1 aliphatic rings. The van der Waals surface area contributed by atoms with E-state index in [4.69, 9.17) is 4.42 Å². The highest BCUT2D eigenvalue weighted by atomic mass is 16.3. The molecule has 0 atom stereocenters. The van der Waals surface area contributed by atoms with Crippen molar-refractivity contribution in [2.75, 3.05) is 0 Å². The Bertz CT molecular complexity index is 391. The summed E-state index contributed by atoms with van der Waals surface area (Å²) in [5.41, 5.74) is 5.38. The summed E-state index contributed by atoms with van der Waals surface area (Å²) in [6, 6.07) is 2.01. The van der Waals surface area contributed by atoms with E-state index in [-0.39, 0.29) is 0 Å². The average Bonchev–Trinajstić information content (AvgIpc) is 2.60. The third-order valence-electron chi connectivity index (χ3n) is 2.67. The van der Waals surface area contributed by atoms with Crippen molar-refractivity contribution in [2.24, 2.45) is 0 Å². The van der Waals surface area contributed by atoms with Gasteiger partial charge in [-0.2, -0.15) is 0 Å². The van der Waals surface area contributed by atoms with Crippen molar-refractivity contribution in [3.63, 3.8) is 0 Å². The highest BCUT2D eigenvalue weighted by Gasteiger charge is 2.14. The summed E-state index contributed by atoms with van der Waals surface area (Å²) < 4.78 is 5.45. The normalized spacial score (nSPS) is 16.7. The second kappa shape index (κ2) is 2.91. The minimum absolute atomic E-state index is 1.04. The van der Waals surface area contributed by atoms with Crippen LogP contribution in [-0.2, 0) is 0 Å². The Morgan fingerprint density at radius 3 is 2.46 bits per heavy atom. The number of aryl methyl sites for hydroxylation is 1. The van der Waals surface area contributed by atoms with Crippen molar-refractivity contribution in [2.45, 2.75) is 27.2 Å². The summed E-state index contributed by atoms with van der Waals surface area (Å²) in [6.07, 6.45) is 5.02. The third kappa shape index (κ3) is 1.35. The highest BCUT2D eigenvalue weighted by Crippen LogP contribution is 2.33. The molecule has 0 saturated heterocycles. The Kier molecular flexibility index (Phi) is 1.87. The molecule has 0 bridgehead atoms. The van der Waals surface area contributed by atoms with Crippen LogP contribution in [-0.4, -0.2) is 0 Å². The summed E-state index contributed by atoms with van der Waals surface area (Å²) in [6.45, 7) is 6.42. The Morgan fingerprint density at radius 1 is 1.23 bits per heavy atom. The van der Waals surface area contributed by atoms with Gasteiger partial charge in [-0.25, -0.2) is 0 Å². The van der Waals surface area contributed by atoms with Crippen LogP contribution in [0, 0.1) is 6.92 Å². The molecule has 0 amide bonds. The molecule has 1 nitrogen and oxygen atoms in total. The largest absolute Gasteiger partial charge is 0.464 e. The summed E-state index contributed by atoms with van der Waals surface area (Å²) in [7, 11) is 0. The molecule has 1 heteroatoms. The van der Waals surface area contributed by atoms with E-state index in [1.165, 1.54) is 22.3 Å². The highest BCUT2D eigenvalue weighted by molar-refractivity contribution is 5.72. The van der Waals surface area contributed by atoms with Crippen LogP contribution in [0.2, 0.25) is 0 Å². The predicted molar refractivity (Wildman–Crippen MR) is 54.4 cm³/mol. The monoisotopic (exact) mass is 174 g/mol. The molecule has 0 aliphatic heterocycles. The summed E-state index contributed by atoms with van der Waals surface area (Å²) in [5, 5.41) is 0. The zero-order chi connectivity index (χ0) is 9.42. The third-order valence-corrected chi connectivity index (χ3v) is 2.67. The van der Waals surface area contributed by atoms with Crippen LogP contribution in [0.25, 0.3) is 5.57 Å². The van der Waals surface area contributed by atoms with Crippen molar-refractivity contribution in [1.29, 1.82) is 0 Å². The molecular formula is C12H14O. The maximum absolute atomic E-state index is 5.45. The van der Waals surface area contributed by atoms with E-state index in [2.05, 4.69) is 26.8 Å². The molecule has 0 radical (unpaired) electrons. The van der Waals surface area contributed by atoms with Gasteiger partial charge in [-0.1, -0.05) is 17.2 Å². The van der Waals surface area contributed by atoms with Gasteiger partial charge in [-0.15, -0.1) is 0 Å². The minimum atomic E-state index is 1.04. The lowest BCUT2D eigenvalue weighted by Gasteiger charge is -1.99. The number of furan rings is 1. The fourth-order valence-electron chi connectivity index (χ4n) is 1.71.